The van der Waals surface area contributed by atoms with Crippen LogP contribution in [0.4, 0.5) is 4.39 Å². The van der Waals surface area contributed by atoms with Crippen LogP contribution in [0.25, 0.3) is 0 Å². The summed E-state index contributed by atoms with van der Waals surface area (Å²) in [6.45, 7) is 7.17. The van der Waals surface area contributed by atoms with Gasteiger partial charge in [-0.25, -0.2) is 9.07 Å². The van der Waals surface area contributed by atoms with Crippen LogP contribution < -0.4 is 5.32 Å². The fraction of sp³-hybridized carbons (Fsp3) is 0.462. The number of halogens is 1. The van der Waals surface area contributed by atoms with Crippen molar-refractivity contribution < 1.29 is 4.39 Å². The number of nitrogens with zero attached hydrogens (tertiary/aromatic N) is 4. The van der Waals surface area contributed by atoms with Crippen molar-refractivity contribution in [3.05, 3.63) is 41.0 Å². The van der Waals surface area contributed by atoms with Crippen molar-refractivity contribution in [3.63, 3.8) is 0 Å². The molecule has 0 aliphatic carbocycles. The minimum absolute atomic E-state index is 0.0984. The largest absolute Gasteiger partial charge is 0.310 e. The number of hydrogen-bond acceptors (Lipinski definition) is 4. The summed E-state index contributed by atoms with van der Waals surface area (Å²) in [5.41, 5.74) is 1.49. The first kappa shape index (κ1) is 13.6. The predicted octanol–water partition coefficient (Wildman–Crippen LogP) is 1.84. The van der Waals surface area contributed by atoms with E-state index in [9.17, 15) is 4.39 Å². The summed E-state index contributed by atoms with van der Waals surface area (Å²) in [6, 6.07) is 5.12. The van der Waals surface area contributed by atoms with E-state index in [1.54, 1.807) is 23.7 Å². The fourth-order valence-electron chi connectivity index (χ4n) is 1.88. The van der Waals surface area contributed by atoms with Crippen LogP contribution in [0.3, 0.4) is 0 Å². The minimum atomic E-state index is -0.203. The molecule has 1 aromatic carbocycles. The highest BCUT2D eigenvalue weighted by Crippen LogP contribution is 2.20. The van der Waals surface area contributed by atoms with Crippen LogP contribution in [-0.4, -0.2) is 26.8 Å². The second kappa shape index (κ2) is 5.88. The Morgan fingerprint density at radius 2 is 2.21 bits per heavy atom. The van der Waals surface area contributed by atoms with Gasteiger partial charge in [-0.2, -0.15) is 0 Å². The van der Waals surface area contributed by atoms with Crippen LogP contribution in [0.2, 0.25) is 0 Å². The van der Waals surface area contributed by atoms with Gasteiger partial charge in [0.2, 0.25) is 0 Å². The molecule has 1 heterocycles. The molecular formula is C13H18FN5. The molecule has 5 nitrogen and oxygen atoms in total. The number of nitrogens with one attached hydrogen (secondary N) is 1. The van der Waals surface area contributed by atoms with Gasteiger partial charge in [0.1, 0.15) is 5.82 Å². The summed E-state index contributed by atoms with van der Waals surface area (Å²) in [5, 5.41) is 14.8. The van der Waals surface area contributed by atoms with E-state index < -0.39 is 0 Å². The number of aryl methyl sites for hydroxylation is 1. The maximum absolute atomic E-state index is 13.6. The Morgan fingerprint density at radius 3 is 2.89 bits per heavy atom. The zero-order valence-electron chi connectivity index (χ0n) is 11.4. The first-order valence-corrected chi connectivity index (χ1v) is 6.37. The molecule has 1 N–H and O–H groups in total. The number of rotatable bonds is 5. The van der Waals surface area contributed by atoms with Crippen molar-refractivity contribution in [2.45, 2.75) is 33.4 Å². The van der Waals surface area contributed by atoms with E-state index in [-0.39, 0.29) is 11.9 Å². The summed E-state index contributed by atoms with van der Waals surface area (Å²) in [4.78, 5) is 0. The van der Waals surface area contributed by atoms with Crippen LogP contribution in [0.15, 0.2) is 18.2 Å². The van der Waals surface area contributed by atoms with E-state index in [2.05, 4.69) is 20.8 Å². The summed E-state index contributed by atoms with van der Waals surface area (Å²) >= 11 is 0. The third-order valence-corrected chi connectivity index (χ3v) is 3.14. The lowest BCUT2D eigenvalue weighted by Gasteiger charge is -2.14. The van der Waals surface area contributed by atoms with Crippen LogP contribution in [0, 0.1) is 12.7 Å². The van der Waals surface area contributed by atoms with Crippen molar-refractivity contribution in [2.24, 2.45) is 0 Å². The lowest BCUT2D eigenvalue weighted by molar-refractivity contribution is 0.504. The van der Waals surface area contributed by atoms with Crippen LogP contribution >= 0.6 is 0 Å². The Labute approximate surface area is 111 Å². The topological polar surface area (TPSA) is 55.6 Å². The van der Waals surface area contributed by atoms with E-state index in [0.717, 1.165) is 17.9 Å². The number of benzene rings is 1. The third kappa shape index (κ3) is 2.96. The lowest BCUT2D eigenvalue weighted by Crippen LogP contribution is -2.19. The van der Waals surface area contributed by atoms with Gasteiger partial charge in [0.15, 0.2) is 5.82 Å². The highest BCUT2D eigenvalue weighted by atomic mass is 19.1. The van der Waals surface area contributed by atoms with Gasteiger partial charge in [-0.05, 0) is 48.0 Å². The molecule has 0 saturated heterocycles. The van der Waals surface area contributed by atoms with E-state index in [1.807, 2.05) is 19.9 Å². The molecule has 6 heteroatoms. The number of tetrazole rings is 1. The Morgan fingerprint density at radius 1 is 1.42 bits per heavy atom. The van der Waals surface area contributed by atoms with Crippen molar-refractivity contribution in [1.29, 1.82) is 0 Å². The van der Waals surface area contributed by atoms with Crippen LogP contribution in [-0.2, 0) is 6.54 Å². The van der Waals surface area contributed by atoms with Gasteiger partial charge in [0.25, 0.3) is 0 Å². The first-order chi connectivity index (χ1) is 9.13. The van der Waals surface area contributed by atoms with Crippen LogP contribution in [0.5, 0.6) is 0 Å². The molecule has 0 spiro atoms. The van der Waals surface area contributed by atoms with Gasteiger partial charge in [0.05, 0.1) is 12.6 Å². The first-order valence-electron chi connectivity index (χ1n) is 6.37. The van der Waals surface area contributed by atoms with Crippen molar-refractivity contribution in [2.75, 3.05) is 6.54 Å². The Kier molecular flexibility index (Phi) is 4.21. The number of hydrogen-bond donors (Lipinski definition) is 1. The van der Waals surface area contributed by atoms with Gasteiger partial charge in [-0.15, -0.1) is 5.10 Å². The second-order valence-electron chi connectivity index (χ2n) is 4.50. The molecule has 1 atom stereocenters. The van der Waals surface area contributed by atoms with Crippen molar-refractivity contribution in [1.82, 2.24) is 25.5 Å². The molecule has 2 aromatic rings. The molecule has 1 unspecified atom stereocenters. The standard InChI is InChI=1S/C13H18FN5/c1-4-15-8-13-16-17-18-19(13)10(3)11-6-5-9(2)12(14)7-11/h5-7,10,15H,4,8H2,1-3H3. The molecule has 0 fully saturated rings. The molecule has 0 saturated carbocycles. The maximum atomic E-state index is 13.6. The average Bonchev–Trinajstić information content (AvgIpc) is 2.87. The Hall–Kier alpha value is -1.82. The van der Waals surface area contributed by atoms with Gasteiger partial charge < -0.3 is 5.32 Å². The quantitative estimate of drug-likeness (QED) is 0.894. The van der Waals surface area contributed by atoms with Gasteiger partial charge in [-0.1, -0.05) is 19.1 Å². The van der Waals surface area contributed by atoms with E-state index >= 15 is 0 Å². The van der Waals surface area contributed by atoms with E-state index in [1.165, 1.54) is 0 Å². The molecule has 1 aromatic heterocycles. The lowest BCUT2D eigenvalue weighted by atomic mass is 10.1. The molecule has 102 valence electrons. The normalized spacial score (nSPS) is 12.6. The van der Waals surface area contributed by atoms with E-state index in [0.29, 0.717) is 12.1 Å². The summed E-state index contributed by atoms with van der Waals surface area (Å²) in [6.07, 6.45) is 0. The SMILES string of the molecule is CCNCc1nnnn1C(C)c1ccc(C)c(F)c1. The monoisotopic (exact) mass is 263 g/mol. The maximum Gasteiger partial charge on any atom is 0.165 e. The van der Waals surface area contributed by atoms with E-state index in [4.69, 9.17) is 0 Å². The van der Waals surface area contributed by atoms with Crippen molar-refractivity contribution >= 4 is 0 Å². The van der Waals surface area contributed by atoms with Crippen molar-refractivity contribution in [3.8, 4) is 0 Å². The Balaban J connectivity index is 2.25. The zero-order chi connectivity index (χ0) is 13.8. The molecule has 0 amide bonds. The highest BCUT2D eigenvalue weighted by Gasteiger charge is 2.15. The fourth-order valence-corrected chi connectivity index (χ4v) is 1.88. The molecule has 0 bridgehead atoms. The van der Waals surface area contributed by atoms with Gasteiger partial charge >= 0.3 is 0 Å². The summed E-state index contributed by atoms with van der Waals surface area (Å²) in [7, 11) is 0. The molecular weight excluding hydrogens is 245 g/mol. The second-order valence-corrected chi connectivity index (χ2v) is 4.50. The highest BCUT2D eigenvalue weighted by molar-refractivity contribution is 5.25. The van der Waals surface area contributed by atoms with Crippen LogP contribution in [0.1, 0.15) is 36.8 Å². The molecule has 0 aliphatic heterocycles. The molecule has 0 radical (unpaired) electrons. The molecule has 0 aliphatic rings. The average molecular weight is 263 g/mol. The Bertz CT molecular complexity index is 552. The third-order valence-electron chi connectivity index (χ3n) is 3.14. The summed E-state index contributed by atoms with van der Waals surface area (Å²) in [5.74, 6) is 0.543. The van der Waals surface area contributed by atoms with Gasteiger partial charge in [-0.3, -0.25) is 0 Å². The number of aromatic nitrogens is 4. The zero-order valence-corrected chi connectivity index (χ0v) is 11.4. The molecule has 19 heavy (non-hydrogen) atoms. The summed E-state index contributed by atoms with van der Waals surface area (Å²) < 4.78 is 15.3. The predicted molar refractivity (Wildman–Crippen MR) is 70.1 cm³/mol. The van der Waals surface area contributed by atoms with Gasteiger partial charge in [0, 0.05) is 0 Å². The smallest absolute Gasteiger partial charge is 0.165 e. The minimum Gasteiger partial charge on any atom is -0.310 e. The molecule has 2 rings (SSSR count).